The van der Waals surface area contributed by atoms with Crippen molar-refractivity contribution in [2.45, 2.75) is 25.6 Å². The number of halogens is 6. The fraction of sp³-hybridized carbons (Fsp3) is 0.357. The van der Waals surface area contributed by atoms with Gasteiger partial charge in [0.2, 0.25) is 11.5 Å². The zero-order valence-corrected chi connectivity index (χ0v) is 23.1. The minimum absolute atomic E-state index is 0.0375. The number of anilines is 3. The average Bonchev–Trinajstić information content (AvgIpc) is 2.96. The Kier molecular flexibility index (Phi) is 8.18. The summed E-state index contributed by atoms with van der Waals surface area (Å²) in [5.41, 5.74) is -4.37. The number of pyridine rings is 1. The third-order valence-corrected chi connectivity index (χ3v) is 7.57. The Bertz CT molecular complexity index is 1620. The monoisotopic (exact) mass is 607 g/mol. The van der Waals surface area contributed by atoms with Crippen LogP contribution in [0, 0.1) is 17.5 Å². The molecule has 1 aromatic carbocycles. The molecule has 1 saturated heterocycles. The summed E-state index contributed by atoms with van der Waals surface area (Å²) < 4.78 is 86.7. The lowest BCUT2D eigenvalue weighted by atomic mass is 9.97. The zero-order valence-electron chi connectivity index (χ0n) is 23.1. The summed E-state index contributed by atoms with van der Waals surface area (Å²) in [6.07, 6.45) is -0.582. The molecular weight excluding hydrogens is 580 g/mol. The van der Waals surface area contributed by atoms with Crippen LogP contribution in [0.5, 0.6) is 0 Å². The Hall–Kier alpha value is -4.40. The topological polar surface area (TPSA) is 97.5 Å². The molecule has 15 heteroatoms. The molecule has 2 N–H and O–H groups in total. The van der Waals surface area contributed by atoms with Crippen LogP contribution in [-0.2, 0) is 6.18 Å². The number of alkyl halides is 3. The van der Waals surface area contributed by atoms with Crippen molar-refractivity contribution in [2.24, 2.45) is 0 Å². The second-order valence-electron chi connectivity index (χ2n) is 10.4. The number of amides is 1. The predicted octanol–water partition coefficient (Wildman–Crippen LogP) is 4.29. The average molecular weight is 608 g/mol. The first-order valence-electron chi connectivity index (χ1n) is 13.3. The number of carbonyl (C=O) groups excluding carboxylic acids is 1. The lowest BCUT2D eigenvalue weighted by Crippen LogP contribution is -2.50. The van der Waals surface area contributed by atoms with E-state index in [9.17, 15) is 27.2 Å². The van der Waals surface area contributed by atoms with Crippen LogP contribution >= 0.6 is 0 Å². The Morgan fingerprint density at radius 3 is 2.47 bits per heavy atom. The lowest BCUT2D eigenvalue weighted by Gasteiger charge is -2.40. The second-order valence-corrected chi connectivity index (χ2v) is 10.4. The van der Waals surface area contributed by atoms with Crippen molar-refractivity contribution >= 4 is 28.8 Å². The molecule has 2 aromatic heterocycles. The van der Waals surface area contributed by atoms with Crippen molar-refractivity contribution < 1.29 is 31.1 Å². The number of aromatic amines is 1. The number of hydrogen-bond acceptors (Lipinski definition) is 7. The molecule has 1 atom stereocenters. The van der Waals surface area contributed by atoms with Crippen LogP contribution in [0.15, 0.2) is 41.6 Å². The molecule has 1 unspecified atom stereocenters. The van der Waals surface area contributed by atoms with Gasteiger partial charge in [-0.05, 0) is 26.0 Å². The van der Waals surface area contributed by atoms with Gasteiger partial charge in [0.15, 0.2) is 11.6 Å². The van der Waals surface area contributed by atoms with Gasteiger partial charge in [0.25, 0.3) is 5.91 Å². The summed E-state index contributed by atoms with van der Waals surface area (Å²) in [7, 11) is 1.88. The van der Waals surface area contributed by atoms with Gasteiger partial charge in [-0.2, -0.15) is 13.2 Å². The number of aromatic nitrogens is 3. The van der Waals surface area contributed by atoms with E-state index in [1.54, 1.807) is 15.9 Å². The maximum absolute atomic E-state index is 16.5. The van der Waals surface area contributed by atoms with E-state index in [-0.39, 0.29) is 35.9 Å². The standard InChI is InChI=1S/C28H27F6N7O2/c1-15-13-40(7-6-39(15)2)21-9-20(30)23(16-4-3-5-41(14-16)27-36-10-17(29)11-37-27)24(31)25(21)38-26(43)18-12-35-22(42)8-19(18)28(32,33)34/h4,8-12,15H,3,5-7,13-14H2,1-2H3,(H,35,42)(H,38,43). The van der Waals surface area contributed by atoms with Gasteiger partial charge >= 0.3 is 6.18 Å². The van der Waals surface area contributed by atoms with Crippen LogP contribution in [0.3, 0.4) is 0 Å². The molecule has 0 aliphatic carbocycles. The molecule has 2 aliphatic rings. The summed E-state index contributed by atoms with van der Waals surface area (Å²) in [4.78, 5) is 40.0. The fourth-order valence-corrected chi connectivity index (χ4v) is 5.18. The molecule has 4 heterocycles. The molecule has 0 radical (unpaired) electrons. The van der Waals surface area contributed by atoms with Crippen LogP contribution < -0.4 is 20.7 Å². The van der Waals surface area contributed by atoms with Crippen molar-refractivity contribution in [1.82, 2.24) is 19.9 Å². The highest BCUT2D eigenvalue weighted by atomic mass is 19.4. The number of piperazine rings is 1. The van der Waals surface area contributed by atoms with Gasteiger partial charge in [-0.1, -0.05) is 6.08 Å². The lowest BCUT2D eigenvalue weighted by molar-refractivity contribution is -0.138. The third-order valence-electron chi connectivity index (χ3n) is 7.57. The first-order valence-corrected chi connectivity index (χ1v) is 13.3. The number of benzene rings is 1. The number of likely N-dealkylation sites (N-methyl/N-ethyl adjacent to an activating group) is 1. The van der Waals surface area contributed by atoms with Crippen molar-refractivity contribution in [3.8, 4) is 0 Å². The molecule has 9 nitrogen and oxygen atoms in total. The molecule has 3 aromatic rings. The molecule has 1 amide bonds. The van der Waals surface area contributed by atoms with Gasteiger partial charge < -0.3 is 25.0 Å². The van der Waals surface area contributed by atoms with Crippen LogP contribution in [0.4, 0.5) is 43.7 Å². The number of rotatable bonds is 5. The Morgan fingerprint density at radius 2 is 1.79 bits per heavy atom. The summed E-state index contributed by atoms with van der Waals surface area (Å²) in [5, 5.41) is 2.24. The summed E-state index contributed by atoms with van der Waals surface area (Å²) in [6.45, 7) is 3.40. The van der Waals surface area contributed by atoms with E-state index < -0.39 is 57.5 Å². The van der Waals surface area contributed by atoms with E-state index in [1.165, 1.54) is 0 Å². The minimum Gasteiger partial charge on any atom is -0.367 e. The number of hydrogen-bond donors (Lipinski definition) is 2. The first kappa shape index (κ1) is 30.1. The van der Waals surface area contributed by atoms with Crippen molar-refractivity contribution in [1.29, 1.82) is 0 Å². The Labute approximate surface area is 241 Å². The largest absolute Gasteiger partial charge is 0.417 e. The Morgan fingerprint density at radius 1 is 1.07 bits per heavy atom. The molecular formula is C28H27F6N7O2. The number of carbonyl (C=O) groups is 1. The molecule has 5 rings (SSSR count). The third kappa shape index (κ3) is 6.21. The van der Waals surface area contributed by atoms with E-state index in [1.807, 2.05) is 23.9 Å². The van der Waals surface area contributed by atoms with Crippen LogP contribution in [0.2, 0.25) is 0 Å². The van der Waals surface area contributed by atoms with Crippen LogP contribution in [0.1, 0.15) is 34.8 Å². The molecule has 43 heavy (non-hydrogen) atoms. The normalized spacial score (nSPS) is 18.0. The number of nitrogens with one attached hydrogen (secondary N) is 2. The molecule has 2 aliphatic heterocycles. The number of H-pyrrole nitrogens is 1. The van der Waals surface area contributed by atoms with Crippen molar-refractivity contribution in [2.75, 3.05) is 54.9 Å². The van der Waals surface area contributed by atoms with E-state index in [2.05, 4.69) is 15.3 Å². The SMILES string of the molecule is CC1CN(c2cc(F)c(C3=CCCN(c4ncc(F)cn4)C3)c(F)c2NC(=O)c2c[nH]c(=O)cc2C(F)(F)F)CCN1C. The van der Waals surface area contributed by atoms with Crippen molar-refractivity contribution in [3.63, 3.8) is 0 Å². The highest BCUT2D eigenvalue weighted by molar-refractivity contribution is 6.07. The Balaban J connectivity index is 1.58. The van der Waals surface area contributed by atoms with Gasteiger partial charge in [0.1, 0.15) is 11.5 Å². The maximum atomic E-state index is 16.5. The molecule has 0 saturated carbocycles. The van der Waals surface area contributed by atoms with E-state index in [0.717, 1.165) is 18.5 Å². The van der Waals surface area contributed by atoms with Gasteiger partial charge in [0, 0.05) is 57.1 Å². The highest BCUT2D eigenvalue weighted by Gasteiger charge is 2.37. The van der Waals surface area contributed by atoms with Gasteiger partial charge in [-0.25, -0.2) is 23.1 Å². The molecule has 0 bridgehead atoms. The molecule has 0 spiro atoms. The van der Waals surface area contributed by atoms with Gasteiger partial charge in [0.05, 0.1) is 34.8 Å². The van der Waals surface area contributed by atoms with E-state index in [0.29, 0.717) is 38.8 Å². The number of nitrogens with zero attached hydrogens (tertiary/aromatic N) is 5. The summed E-state index contributed by atoms with van der Waals surface area (Å²) in [6, 6.07) is 1.26. The minimum atomic E-state index is -5.05. The maximum Gasteiger partial charge on any atom is 0.417 e. The summed E-state index contributed by atoms with van der Waals surface area (Å²) >= 11 is 0. The predicted molar refractivity (Wildman–Crippen MR) is 147 cm³/mol. The van der Waals surface area contributed by atoms with Gasteiger partial charge in [-0.3, -0.25) is 9.59 Å². The first-order chi connectivity index (χ1) is 20.3. The van der Waals surface area contributed by atoms with E-state index in [4.69, 9.17) is 0 Å². The second kappa shape index (κ2) is 11.7. The fourth-order valence-electron chi connectivity index (χ4n) is 5.18. The van der Waals surface area contributed by atoms with Gasteiger partial charge in [-0.15, -0.1) is 0 Å². The smallest absolute Gasteiger partial charge is 0.367 e. The van der Waals surface area contributed by atoms with Crippen LogP contribution in [-0.4, -0.2) is 71.6 Å². The van der Waals surface area contributed by atoms with Crippen molar-refractivity contribution in [3.05, 3.63) is 81.3 Å². The highest BCUT2D eigenvalue weighted by Crippen LogP contribution is 2.39. The molecule has 228 valence electrons. The zero-order chi connectivity index (χ0) is 31.1. The molecule has 1 fully saturated rings. The quantitative estimate of drug-likeness (QED) is 0.418. The van der Waals surface area contributed by atoms with E-state index >= 15 is 8.78 Å². The van der Waals surface area contributed by atoms with Crippen LogP contribution in [0.25, 0.3) is 5.57 Å². The summed E-state index contributed by atoms with van der Waals surface area (Å²) in [5.74, 6) is -3.98.